The summed E-state index contributed by atoms with van der Waals surface area (Å²) in [6.07, 6.45) is 0.177. The number of ether oxygens (including phenoxy) is 1. The number of hydrogen-bond donors (Lipinski definition) is 1. The molecule has 0 aliphatic rings. The van der Waals surface area contributed by atoms with Crippen molar-refractivity contribution >= 4 is 5.97 Å². The molecule has 0 amide bonds. The Morgan fingerprint density at radius 2 is 1.89 bits per heavy atom. The van der Waals surface area contributed by atoms with Crippen LogP contribution >= 0.6 is 0 Å². The van der Waals surface area contributed by atoms with Gasteiger partial charge in [0.05, 0.1) is 11.7 Å². The minimum Gasteiger partial charge on any atom is -0.456 e. The van der Waals surface area contributed by atoms with E-state index >= 15 is 0 Å². The standard InChI is InChI=1S/C15H22O3/c1-5-13(16)11(2)15(3,4)18-14(17)12-9-7-6-8-10-12/h6-11,13,16H,5H2,1-4H3. The smallest absolute Gasteiger partial charge is 0.338 e. The topological polar surface area (TPSA) is 46.5 Å². The van der Waals surface area contributed by atoms with Crippen LogP contribution in [-0.2, 0) is 4.74 Å². The molecule has 0 saturated carbocycles. The zero-order valence-electron chi connectivity index (χ0n) is 11.5. The first-order valence-corrected chi connectivity index (χ1v) is 6.35. The van der Waals surface area contributed by atoms with Crippen LogP contribution in [0.5, 0.6) is 0 Å². The lowest BCUT2D eigenvalue weighted by Crippen LogP contribution is -2.41. The SMILES string of the molecule is CCC(O)C(C)C(C)(C)OC(=O)c1ccccc1. The quantitative estimate of drug-likeness (QED) is 0.817. The molecule has 0 radical (unpaired) electrons. The van der Waals surface area contributed by atoms with Crippen LogP contribution in [-0.4, -0.2) is 22.8 Å². The summed E-state index contributed by atoms with van der Waals surface area (Å²) < 4.78 is 5.51. The fourth-order valence-corrected chi connectivity index (χ4v) is 1.78. The Morgan fingerprint density at radius 3 is 2.39 bits per heavy atom. The van der Waals surface area contributed by atoms with E-state index in [9.17, 15) is 9.90 Å². The summed E-state index contributed by atoms with van der Waals surface area (Å²) in [5.74, 6) is -0.467. The van der Waals surface area contributed by atoms with Gasteiger partial charge in [-0.3, -0.25) is 0 Å². The molecule has 1 rings (SSSR count). The highest BCUT2D eigenvalue weighted by Gasteiger charge is 2.34. The van der Waals surface area contributed by atoms with E-state index < -0.39 is 11.7 Å². The van der Waals surface area contributed by atoms with E-state index in [1.807, 2.05) is 33.8 Å². The summed E-state index contributed by atoms with van der Waals surface area (Å²) in [6.45, 7) is 7.47. The van der Waals surface area contributed by atoms with Crippen LogP contribution in [0.3, 0.4) is 0 Å². The van der Waals surface area contributed by atoms with Crippen LogP contribution < -0.4 is 0 Å². The van der Waals surface area contributed by atoms with Crippen molar-refractivity contribution in [1.29, 1.82) is 0 Å². The lowest BCUT2D eigenvalue weighted by molar-refractivity contribution is -0.0605. The predicted octanol–water partition coefficient (Wildman–Crippen LogP) is 3.03. The van der Waals surface area contributed by atoms with E-state index in [2.05, 4.69) is 0 Å². The Kier molecular flexibility index (Phi) is 4.91. The average molecular weight is 250 g/mol. The summed E-state index contributed by atoms with van der Waals surface area (Å²) in [6, 6.07) is 8.89. The number of esters is 1. The molecule has 0 saturated heterocycles. The second-order valence-electron chi connectivity index (χ2n) is 5.12. The van der Waals surface area contributed by atoms with Gasteiger partial charge in [-0.1, -0.05) is 32.0 Å². The number of benzene rings is 1. The van der Waals surface area contributed by atoms with Gasteiger partial charge in [0, 0.05) is 5.92 Å². The van der Waals surface area contributed by atoms with E-state index in [0.717, 1.165) is 0 Å². The van der Waals surface area contributed by atoms with Gasteiger partial charge in [0.15, 0.2) is 0 Å². The van der Waals surface area contributed by atoms with Crippen molar-refractivity contribution in [3.05, 3.63) is 35.9 Å². The minimum absolute atomic E-state index is 0.116. The van der Waals surface area contributed by atoms with Crippen molar-refractivity contribution in [2.45, 2.75) is 45.8 Å². The minimum atomic E-state index is -0.692. The zero-order valence-corrected chi connectivity index (χ0v) is 11.5. The third-order valence-corrected chi connectivity index (χ3v) is 3.46. The van der Waals surface area contributed by atoms with Gasteiger partial charge < -0.3 is 9.84 Å². The number of carbonyl (C=O) groups excluding carboxylic acids is 1. The third-order valence-electron chi connectivity index (χ3n) is 3.46. The van der Waals surface area contributed by atoms with Crippen LogP contribution in [0.1, 0.15) is 44.5 Å². The molecule has 0 fully saturated rings. The van der Waals surface area contributed by atoms with Crippen LogP contribution in [0, 0.1) is 5.92 Å². The van der Waals surface area contributed by atoms with Crippen LogP contribution in [0.15, 0.2) is 30.3 Å². The summed E-state index contributed by atoms with van der Waals surface area (Å²) in [5.41, 5.74) is -0.161. The van der Waals surface area contributed by atoms with Gasteiger partial charge in [0.25, 0.3) is 0 Å². The van der Waals surface area contributed by atoms with E-state index in [1.165, 1.54) is 0 Å². The molecule has 1 N–H and O–H groups in total. The molecular weight excluding hydrogens is 228 g/mol. The highest BCUT2D eigenvalue weighted by molar-refractivity contribution is 5.89. The van der Waals surface area contributed by atoms with Gasteiger partial charge in [-0.25, -0.2) is 4.79 Å². The molecule has 1 aromatic carbocycles. The Labute approximate surface area is 109 Å². The number of hydrogen-bond acceptors (Lipinski definition) is 3. The van der Waals surface area contributed by atoms with E-state index in [0.29, 0.717) is 12.0 Å². The lowest BCUT2D eigenvalue weighted by atomic mass is 9.86. The monoisotopic (exact) mass is 250 g/mol. The first-order valence-electron chi connectivity index (χ1n) is 6.35. The molecule has 2 atom stereocenters. The predicted molar refractivity (Wildman–Crippen MR) is 71.4 cm³/mol. The first-order chi connectivity index (χ1) is 8.38. The fraction of sp³-hybridized carbons (Fsp3) is 0.533. The Bertz CT molecular complexity index is 384. The second kappa shape index (κ2) is 6.01. The highest BCUT2D eigenvalue weighted by atomic mass is 16.6. The fourth-order valence-electron chi connectivity index (χ4n) is 1.78. The molecule has 100 valence electrons. The van der Waals surface area contributed by atoms with Crippen LogP contribution in [0.25, 0.3) is 0 Å². The number of carbonyl (C=O) groups is 1. The van der Waals surface area contributed by atoms with Gasteiger partial charge in [-0.15, -0.1) is 0 Å². The molecule has 3 nitrogen and oxygen atoms in total. The van der Waals surface area contributed by atoms with Gasteiger partial charge in [0.1, 0.15) is 5.60 Å². The summed E-state index contributed by atoms with van der Waals surface area (Å²) in [5, 5.41) is 9.85. The lowest BCUT2D eigenvalue weighted by Gasteiger charge is -2.34. The molecule has 0 bridgehead atoms. The maximum Gasteiger partial charge on any atom is 0.338 e. The number of aliphatic hydroxyl groups excluding tert-OH is 1. The number of rotatable bonds is 5. The summed E-state index contributed by atoms with van der Waals surface area (Å²) in [4.78, 5) is 12.0. The van der Waals surface area contributed by atoms with Gasteiger partial charge in [-0.05, 0) is 32.4 Å². The van der Waals surface area contributed by atoms with Crippen molar-refractivity contribution in [3.8, 4) is 0 Å². The molecule has 0 aromatic heterocycles. The normalized spacial score (nSPS) is 14.9. The van der Waals surface area contributed by atoms with Crippen molar-refractivity contribution < 1.29 is 14.6 Å². The molecular formula is C15H22O3. The molecule has 2 unspecified atom stereocenters. The van der Waals surface area contributed by atoms with Crippen molar-refractivity contribution in [1.82, 2.24) is 0 Å². The molecule has 0 aliphatic carbocycles. The van der Waals surface area contributed by atoms with Gasteiger partial charge in [-0.2, -0.15) is 0 Å². The number of aliphatic hydroxyl groups is 1. The molecule has 18 heavy (non-hydrogen) atoms. The summed E-state index contributed by atoms with van der Waals surface area (Å²) in [7, 11) is 0. The van der Waals surface area contributed by atoms with Gasteiger partial charge >= 0.3 is 5.97 Å². The molecule has 0 spiro atoms. The van der Waals surface area contributed by atoms with Crippen molar-refractivity contribution in [2.75, 3.05) is 0 Å². The van der Waals surface area contributed by atoms with E-state index in [1.54, 1.807) is 24.3 Å². The van der Waals surface area contributed by atoms with Gasteiger partial charge in [0.2, 0.25) is 0 Å². The highest BCUT2D eigenvalue weighted by Crippen LogP contribution is 2.26. The molecule has 0 heterocycles. The molecule has 3 heteroatoms. The largest absolute Gasteiger partial charge is 0.456 e. The Morgan fingerprint density at radius 1 is 1.33 bits per heavy atom. The van der Waals surface area contributed by atoms with Crippen LogP contribution in [0.4, 0.5) is 0 Å². The second-order valence-corrected chi connectivity index (χ2v) is 5.12. The zero-order chi connectivity index (χ0) is 13.8. The Hall–Kier alpha value is -1.35. The maximum atomic E-state index is 12.0. The van der Waals surface area contributed by atoms with E-state index in [4.69, 9.17) is 4.74 Å². The summed E-state index contributed by atoms with van der Waals surface area (Å²) >= 11 is 0. The van der Waals surface area contributed by atoms with Crippen molar-refractivity contribution in [3.63, 3.8) is 0 Å². The van der Waals surface area contributed by atoms with Crippen LogP contribution in [0.2, 0.25) is 0 Å². The molecule has 0 aliphatic heterocycles. The van der Waals surface area contributed by atoms with Crippen molar-refractivity contribution in [2.24, 2.45) is 5.92 Å². The molecule has 1 aromatic rings. The maximum absolute atomic E-state index is 12.0. The third kappa shape index (κ3) is 3.57. The average Bonchev–Trinajstić information content (AvgIpc) is 2.37. The Balaban J connectivity index is 2.74. The van der Waals surface area contributed by atoms with E-state index in [-0.39, 0.29) is 11.9 Å². The first kappa shape index (κ1) is 14.7.